The van der Waals surface area contributed by atoms with Crippen LogP contribution in [0.15, 0.2) is 54.2 Å². The van der Waals surface area contributed by atoms with Gasteiger partial charge >= 0.3 is 0 Å². The molecule has 0 bridgehead atoms. The summed E-state index contributed by atoms with van der Waals surface area (Å²) in [6.07, 6.45) is 7.25. The highest BCUT2D eigenvalue weighted by atomic mass is 19.1. The van der Waals surface area contributed by atoms with Crippen molar-refractivity contribution in [1.29, 1.82) is 0 Å². The molecule has 0 saturated heterocycles. The molecule has 1 aromatic heterocycles. The Balaban J connectivity index is 2.02. The molecule has 0 spiro atoms. The molecule has 1 heterocycles. The lowest BCUT2D eigenvalue weighted by Crippen LogP contribution is -1.92. The Morgan fingerprint density at radius 3 is 2.83 bits per heavy atom. The van der Waals surface area contributed by atoms with Gasteiger partial charge in [0, 0.05) is 6.42 Å². The van der Waals surface area contributed by atoms with Gasteiger partial charge in [-0.05, 0) is 60.2 Å². The minimum absolute atomic E-state index is 0.224. The van der Waals surface area contributed by atoms with E-state index >= 15 is 0 Å². The van der Waals surface area contributed by atoms with Crippen molar-refractivity contribution < 1.29 is 4.39 Å². The number of allylic oxidation sites excluding steroid dienone is 7. The molecule has 3 rings (SSSR count). The predicted octanol–water partition coefficient (Wildman–Crippen LogP) is 4.27. The van der Waals surface area contributed by atoms with Gasteiger partial charge in [-0.25, -0.2) is 4.39 Å². The van der Waals surface area contributed by atoms with E-state index in [0.717, 1.165) is 39.8 Å². The zero-order chi connectivity index (χ0) is 17.1. The number of H-pyrrole nitrogens is 1. The van der Waals surface area contributed by atoms with E-state index in [0.29, 0.717) is 12.2 Å². The first-order chi connectivity index (χ1) is 11.6. The number of hydrogen-bond donors (Lipinski definition) is 1. The van der Waals surface area contributed by atoms with Gasteiger partial charge in [-0.15, -0.1) is 10.2 Å². The Bertz CT molecular complexity index is 857. The molecule has 1 aliphatic carbocycles. The normalized spacial score (nSPS) is 16.0. The Hall–Kier alpha value is -2.82. The largest absolute Gasteiger partial charge is 0.207 e. The van der Waals surface area contributed by atoms with E-state index in [2.05, 4.69) is 40.2 Å². The number of rotatable bonds is 5. The maximum atomic E-state index is 13.8. The predicted molar refractivity (Wildman–Crippen MR) is 93.4 cm³/mol. The van der Waals surface area contributed by atoms with Gasteiger partial charge in [0.25, 0.3) is 0 Å². The van der Waals surface area contributed by atoms with E-state index in [1.54, 1.807) is 12.1 Å². The number of nitrogens with zero attached hydrogens (tertiary/aromatic N) is 3. The summed E-state index contributed by atoms with van der Waals surface area (Å²) in [6.45, 7) is 7.84. The van der Waals surface area contributed by atoms with Gasteiger partial charge in [0.05, 0.1) is 0 Å². The van der Waals surface area contributed by atoms with Crippen molar-refractivity contribution in [3.05, 3.63) is 76.9 Å². The lowest BCUT2D eigenvalue weighted by Gasteiger charge is -2.05. The first-order valence-electron chi connectivity index (χ1n) is 7.84. The molecule has 0 atom stereocenters. The van der Waals surface area contributed by atoms with Gasteiger partial charge in [-0.3, -0.25) is 0 Å². The van der Waals surface area contributed by atoms with Crippen molar-refractivity contribution >= 4 is 11.1 Å². The second-order valence-electron chi connectivity index (χ2n) is 5.83. The molecule has 0 aliphatic heterocycles. The monoisotopic (exact) mass is 322 g/mol. The zero-order valence-electron chi connectivity index (χ0n) is 13.8. The summed E-state index contributed by atoms with van der Waals surface area (Å²) in [5.41, 5.74) is 6.54. The summed E-state index contributed by atoms with van der Waals surface area (Å²) in [5, 5.41) is 14.0. The van der Waals surface area contributed by atoms with Crippen LogP contribution in [0, 0.1) is 5.82 Å². The van der Waals surface area contributed by atoms with Crippen LogP contribution in [0.5, 0.6) is 0 Å². The van der Waals surface area contributed by atoms with E-state index in [-0.39, 0.29) is 5.82 Å². The zero-order valence-corrected chi connectivity index (χ0v) is 13.8. The van der Waals surface area contributed by atoms with E-state index in [1.165, 1.54) is 6.07 Å². The van der Waals surface area contributed by atoms with E-state index in [9.17, 15) is 4.39 Å². The number of halogens is 1. The number of aromatic amines is 1. The first kappa shape index (κ1) is 16.1. The van der Waals surface area contributed by atoms with Crippen molar-refractivity contribution in [1.82, 2.24) is 20.6 Å². The van der Waals surface area contributed by atoms with Crippen LogP contribution < -0.4 is 0 Å². The molecular formula is C19H19FN4. The average Bonchev–Trinajstić information content (AvgIpc) is 3.14. The summed E-state index contributed by atoms with van der Waals surface area (Å²) < 4.78 is 13.8. The summed E-state index contributed by atoms with van der Waals surface area (Å²) in [5.74, 6) is 0.437. The minimum Gasteiger partial charge on any atom is -0.207 e. The molecule has 0 fully saturated rings. The molecule has 1 aromatic carbocycles. The van der Waals surface area contributed by atoms with Crippen molar-refractivity contribution in [3.63, 3.8) is 0 Å². The van der Waals surface area contributed by atoms with Gasteiger partial charge in [-0.2, -0.15) is 5.21 Å². The van der Waals surface area contributed by atoms with Crippen molar-refractivity contribution in [2.24, 2.45) is 0 Å². The van der Waals surface area contributed by atoms with Crippen LogP contribution in [-0.2, 0) is 6.42 Å². The smallest absolute Gasteiger partial charge is 0.174 e. The molecule has 4 nitrogen and oxygen atoms in total. The number of hydrogen-bond acceptors (Lipinski definition) is 3. The number of aromatic nitrogens is 4. The van der Waals surface area contributed by atoms with E-state index in [4.69, 9.17) is 0 Å². The summed E-state index contributed by atoms with van der Waals surface area (Å²) in [7, 11) is 0. The summed E-state index contributed by atoms with van der Waals surface area (Å²) in [4.78, 5) is 0. The quantitative estimate of drug-likeness (QED) is 0.836. The molecule has 122 valence electrons. The second kappa shape index (κ2) is 6.74. The van der Waals surface area contributed by atoms with Crippen LogP contribution in [0.4, 0.5) is 4.39 Å². The van der Waals surface area contributed by atoms with Crippen LogP contribution in [0.25, 0.3) is 11.1 Å². The fourth-order valence-corrected chi connectivity index (χ4v) is 3.06. The molecule has 0 unspecified atom stereocenters. The molecular weight excluding hydrogens is 303 g/mol. The highest BCUT2D eigenvalue weighted by molar-refractivity contribution is 6.00. The Labute approximate surface area is 140 Å². The third kappa shape index (κ3) is 3.11. The molecule has 1 N–H and O–H groups in total. The lowest BCUT2D eigenvalue weighted by molar-refractivity contribution is 0.627. The third-order valence-electron chi connectivity index (χ3n) is 4.19. The number of tetrazole rings is 1. The van der Waals surface area contributed by atoms with Gasteiger partial charge in [-0.1, -0.05) is 41.7 Å². The summed E-state index contributed by atoms with van der Waals surface area (Å²) in [6, 6.07) is 4.97. The van der Waals surface area contributed by atoms with Gasteiger partial charge < -0.3 is 0 Å². The second-order valence-corrected chi connectivity index (χ2v) is 5.83. The Morgan fingerprint density at radius 1 is 1.29 bits per heavy atom. The van der Waals surface area contributed by atoms with Crippen LogP contribution in [-0.4, -0.2) is 20.6 Å². The molecule has 2 aromatic rings. The van der Waals surface area contributed by atoms with Gasteiger partial charge in [0.2, 0.25) is 0 Å². The van der Waals surface area contributed by atoms with Crippen LogP contribution >= 0.6 is 0 Å². The number of nitrogens with one attached hydrogen (secondary N) is 1. The maximum Gasteiger partial charge on any atom is 0.174 e. The van der Waals surface area contributed by atoms with Gasteiger partial charge in [0.1, 0.15) is 5.82 Å². The molecule has 0 saturated carbocycles. The number of benzene rings is 1. The molecule has 0 amide bonds. The fourth-order valence-electron chi connectivity index (χ4n) is 3.06. The standard InChI is InChI=1S/C19H19FN4/c1-4-5-12(2)10-17-13(3)15(8-9-19-21-23-24-22-19)18-11-14(20)6-7-16(17)18/h4-7,10-11H,1,8-9H2,2-3H3,(H,21,22,23,24)/b12-5+,17-10-. The van der Waals surface area contributed by atoms with Crippen LogP contribution in [0.3, 0.4) is 0 Å². The SMILES string of the molecule is C=C/C=C(C)/C=C1/C(C)=C(CCc2nn[nH]n2)c2cc(F)ccc21. The van der Waals surface area contributed by atoms with Crippen LogP contribution in [0.1, 0.15) is 37.2 Å². The van der Waals surface area contributed by atoms with E-state index in [1.807, 2.05) is 19.1 Å². The molecule has 1 aliphatic rings. The lowest BCUT2D eigenvalue weighted by atomic mass is 10.0. The topological polar surface area (TPSA) is 54.5 Å². The van der Waals surface area contributed by atoms with Gasteiger partial charge in [0.15, 0.2) is 5.82 Å². The Morgan fingerprint density at radius 2 is 2.12 bits per heavy atom. The summed E-state index contributed by atoms with van der Waals surface area (Å²) >= 11 is 0. The third-order valence-corrected chi connectivity index (χ3v) is 4.19. The van der Waals surface area contributed by atoms with Crippen molar-refractivity contribution in [2.45, 2.75) is 26.7 Å². The molecule has 0 radical (unpaired) electrons. The average molecular weight is 322 g/mol. The van der Waals surface area contributed by atoms with E-state index < -0.39 is 0 Å². The van der Waals surface area contributed by atoms with Crippen LogP contribution in [0.2, 0.25) is 0 Å². The maximum absolute atomic E-state index is 13.8. The molecule has 5 heteroatoms. The highest BCUT2D eigenvalue weighted by Gasteiger charge is 2.24. The molecule has 24 heavy (non-hydrogen) atoms. The fraction of sp³-hybridized carbons (Fsp3) is 0.211. The first-order valence-corrected chi connectivity index (χ1v) is 7.84. The number of fused-ring (bicyclic) bond motifs is 1. The minimum atomic E-state index is -0.224. The van der Waals surface area contributed by atoms with Crippen molar-refractivity contribution in [3.8, 4) is 0 Å². The Kier molecular flexibility index (Phi) is 4.51. The number of aryl methyl sites for hydroxylation is 1. The highest BCUT2D eigenvalue weighted by Crippen LogP contribution is 2.43. The van der Waals surface area contributed by atoms with Crippen molar-refractivity contribution in [2.75, 3.05) is 0 Å².